The quantitative estimate of drug-likeness (QED) is 0.171. The van der Waals surface area contributed by atoms with E-state index in [1.165, 1.54) is 16.5 Å². The highest BCUT2D eigenvalue weighted by molar-refractivity contribution is 6.12. The van der Waals surface area contributed by atoms with Gasteiger partial charge < -0.3 is 4.57 Å². The third-order valence-corrected chi connectivity index (χ3v) is 10.9. The molecule has 0 spiro atoms. The number of pyridine rings is 1. The lowest BCUT2D eigenvalue weighted by molar-refractivity contribution is 1.07. The number of hydrogen-bond donors (Lipinski definition) is 0. The third kappa shape index (κ3) is 5.57. The van der Waals surface area contributed by atoms with Crippen LogP contribution in [0.1, 0.15) is 5.56 Å². The average Bonchev–Trinajstić information content (AvgIpc) is 3.79. The molecule has 0 saturated heterocycles. The molecule has 57 heavy (non-hydrogen) atoms. The van der Waals surface area contributed by atoms with Crippen LogP contribution in [0.25, 0.3) is 100 Å². The van der Waals surface area contributed by atoms with Crippen molar-refractivity contribution in [3.8, 4) is 56.7 Å². The Hall–Kier alpha value is -7.70. The SMILES string of the molecule is Cc1ccc(-c2nc(-c3ccc(-c4ccccc4)cc3)nc(-c3ccc4c5ccc(-n6c7ccccc7c7cccnc76)cc5n(-c5ccccc5)c4c3)n2)cc1. The minimum atomic E-state index is 0.617. The maximum absolute atomic E-state index is 5.15. The van der Waals surface area contributed by atoms with E-state index in [9.17, 15) is 0 Å². The van der Waals surface area contributed by atoms with Gasteiger partial charge in [0.05, 0.1) is 16.6 Å². The number of aromatic nitrogens is 6. The van der Waals surface area contributed by atoms with Gasteiger partial charge in [0.2, 0.25) is 0 Å². The van der Waals surface area contributed by atoms with Gasteiger partial charge in [-0.05, 0) is 66.6 Å². The summed E-state index contributed by atoms with van der Waals surface area (Å²) in [6, 6.07) is 63.8. The molecule has 0 saturated carbocycles. The smallest absolute Gasteiger partial charge is 0.164 e. The summed E-state index contributed by atoms with van der Waals surface area (Å²) in [4.78, 5) is 20.2. The van der Waals surface area contributed by atoms with Crippen molar-refractivity contribution in [2.24, 2.45) is 0 Å². The Morgan fingerprint density at radius 2 is 0.877 bits per heavy atom. The Labute approximate surface area is 329 Å². The van der Waals surface area contributed by atoms with E-state index in [-0.39, 0.29) is 0 Å². The molecular weight excluding hydrogens is 697 g/mol. The summed E-state index contributed by atoms with van der Waals surface area (Å²) in [5.41, 5.74) is 12.6. The zero-order valence-corrected chi connectivity index (χ0v) is 31.1. The first-order valence-electron chi connectivity index (χ1n) is 19.1. The van der Waals surface area contributed by atoms with Crippen LogP contribution in [0.2, 0.25) is 0 Å². The first-order valence-corrected chi connectivity index (χ1v) is 19.1. The van der Waals surface area contributed by atoms with E-state index in [0.717, 1.165) is 72.0 Å². The standard InChI is InChI=1S/C51H34N6/c1-33-18-20-36(21-19-33)48-53-49(37-24-22-35(23-25-37)34-11-4-2-5-12-34)55-50(54-48)38-26-28-42-43-29-27-40(32-47(43)56(46(42)31-38)39-13-6-3-7-14-39)57-45-17-9-8-15-41(45)44-16-10-30-52-51(44)57/h2-32H,1H3. The average molecular weight is 731 g/mol. The lowest BCUT2D eigenvalue weighted by Crippen LogP contribution is -2.00. The van der Waals surface area contributed by atoms with Crippen LogP contribution in [0.5, 0.6) is 0 Å². The fourth-order valence-electron chi connectivity index (χ4n) is 8.11. The largest absolute Gasteiger partial charge is 0.309 e. The Morgan fingerprint density at radius 3 is 1.61 bits per heavy atom. The van der Waals surface area contributed by atoms with Crippen molar-refractivity contribution in [2.45, 2.75) is 6.92 Å². The molecular formula is C51H34N6. The molecule has 0 bridgehead atoms. The molecule has 0 aliphatic carbocycles. The van der Waals surface area contributed by atoms with Crippen LogP contribution in [-0.2, 0) is 0 Å². The van der Waals surface area contributed by atoms with Gasteiger partial charge in [-0.25, -0.2) is 19.9 Å². The first kappa shape index (κ1) is 32.7. The number of para-hydroxylation sites is 2. The molecule has 0 atom stereocenters. The second-order valence-electron chi connectivity index (χ2n) is 14.4. The minimum absolute atomic E-state index is 0.617. The molecule has 0 amide bonds. The third-order valence-electron chi connectivity index (χ3n) is 10.9. The van der Waals surface area contributed by atoms with Gasteiger partial charge in [-0.1, -0.05) is 139 Å². The Morgan fingerprint density at radius 1 is 0.351 bits per heavy atom. The number of hydrogen-bond acceptors (Lipinski definition) is 4. The van der Waals surface area contributed by atoms with Crippen LogP contribution in [0.15, 0.2) is 188 Å². The molecule has 4 aromatic heterocycles. The lowest BCUT2D eigenvalue weighted by Gasteiger charge is -2.11. The van der Waals surface area contributed by atoms with Gasteiger partial charge in [0.1, 0.15) is 5.65 Å². The zero-order valence-electron chi connectivity index (χ0n) is 31.1. The summed E-state index contributed by atoms with van der Waals surface area (Å²) in [7, 11) is 0. The van der Waals surface area contributed by atoms with Gasteiger partial charge in [-0.3, -0.25) is 4.57 Å². The number of nitrogens with zero attached hydrogens (tertiary/aromatic N) is 6. The second-order valence-corrected chi connectivity index (χ2v) is 14.4. The van der Waals surface area contributed by atoms with Crippen molar-refractivity contribution < 1.29 is 0 Å². The molecule has 0 aliphatic heterocycles. The molecule has 6 heteroatoms. The lowest BCUT2D eigenvalue weighted by atomic mass is 10.0. The highest BCUT2D eigenvalue weighted by Gasteiger charge is 2.19. The Bertz CT molecular complexity index is 3220. The van der Waals surface area contributed by atoms with Gasteiger partial charge in [-0.2, -0.15) is 0 Å². The molecule has 0 radical (unpaired) electrons. The van der Waals surface area contributed by atoms with Gasteiger partial charge in [-0.15, -0.1) is 0 Å². The van der Waals surface area contributed by atoms with Crippen molar-refractivity contribution in [3.63, 3.8) is 0 Å². The molecule has 4 heterocycles. The van der Waals surface area contributed by atoms with Crippen LogP contribution >= 0.6 is 0 Å². The number of fused-ring (bicyclic) bond motifs is 6. The van der Waals surface area contributed by atoms with Crippen LogP contribution < -0.4 is 0 Å². The van der Waals surface area contributed by atoms with Crippen LogP contribution in [-0.4, -0.2) is 29.1 Å². The van der Waals surface area contributed by atoms with Crippen molar-refractivity contribution in [1.82, 2.24) is 29.1 Å². The van der Waals surface area contributed by atoms with Gasteiger partial charge >= 0.3 is 0 Å². The van der Waals surface area contributed by atoms with Crippen LogP contribution in [0.4, 0.5) is 0 Å². The van der Waals surface area contributed by atoms with Crippen molar-refractivity contribution >= 4 is 43.7 Å². The van der Waals surface area contributed by atoms with E-state index >= 15 is 0 Å². The number of aryl methyl sites for hydroxylation is 1. The van der Waals surface area contributed by atoms with E-state index in [2.05, 4.69) is 186 Å². The molecule has 6 nitrogen and oxygen atoms in total. The second kappa shape index (κ2) is 13.3. The fourth-order valence-corrected chi connectivity index (χ4v) is 8.11. The van der Waals surface area contributed by atoms with Crippen LogP contribution in [0, 0.1) is 6.92 Å². The summed E-state index contributed by atoms with van der Waals surface area (Å²) in [6.07, 6.45) is 1.87. The normalized spacial score (nSPS) is 11.6. The van der Waals surface area contributed by atoms with E-state index < -0.39 is 0 Å². The van der Waals surface area contributed by atoms with Gasteiger partial charge in [0.15, 0.2) is 17.5 Å². The maximum Gasteiger partial charge on any atom is 0.164 e. The molecule has 7 aromatic carbocycles. The van der Waals surface area contributed by atoms with E-state index in [0.29, 0.717) is 17.5 Å². The summed E-state index contributed by atoms with van der Waals surface area (Å²) < 4.78 is 4.62. The summed E-state index contributed by atoms with van der Waals surface area (Å²) >= 11 is 0. The number of benzene rings is 7. The van der Waals surface area contributed by atoms with Crippen molar-refractivity contribution in [3.05, 3.63) is 194 Å². The van der Waals surface area contributed by atoms with E-state index in [1.807, 2.05) is 18.3 Å². The molecule has 0 unspecified atom stereocenters. The molecule has 11 aromatic rings. The van der Waals surface area contributed by atoms with E-state index in [1.54, 1.807) is 0 Å². The van der Waals surface area contributed by atoms with Crippen LogP contribution in [0.3, 0.4) is 0 Å². The topological polar surface area (TPSA) is 61.4 Å². The predicted molar refractivity (Wildman–Crippen MR) is 233 cm³/mol. The molecule has 0 aliphatic rings. The minimum Gasteiger partial charge on any atom is -0.309 e. The summed E-state index contributed by atoms with van der Waals surface area (Å²) in [5.74, 6) is 1.88. The summed E-state index contributed by atoms with van der Waals surface area (Å²) in [6.45, 7) is 2.09. The molecule has 268 valence electrons. The highest BCUT2D eigenvalue weighted by atomic mass is 15.1. The molecule has 0 fully saturated rings. The molecule has 0 N–H and O–H groups in total. The van der Waals surface area contributed by atoms with Crippen molar-refractivity contribution in [2.75, 3.05) is 0 Å². The first-order chi connectivity index (χ1) is 28.2. The maximum atomic E-state index is 5.15. The number of rotatable bonds is 6. The molecule has 11 rings (SSSR count). The Kier molecular flexibility index (Phi) is 7.60. The van der Waals surface area contributed by atoms with Gasteiger partial charge in [0.25, 0.3) is 0 Å². The Balaban J connectivity index is 1.11. The monoisotopic (exact) mass is 730 g/mol. The van der Waals surface area contributed by atoms with Gasteiger partial charge in [0, 0.05) is 55.8 Å². The highest BCUT2D eigenvalue weighted by Crippen LogP contribution is 2.38. The summed E-state index contributed by atoms with van der Waals surface area (Å²) in [5, 5.41) is 4.63. The van der Waals surface area contributed by atoms with E-state index in [4.69, 9.17) is 19.9 Å². The van der Waals surface area contributed by atoms with Crippen molar-refractivity contribution in [1.29, 1.82) is 0 Å². The predicted octanol–water partition coefficient (Wildman–Crippen LogP) is 12.4. The fraction of sp³-hybridized carbons (Fsp3) is 0.0196. The zero-order chi connectivity index (χ0) is 37.9.